The van der Waals surface area contributed by atoms with Crippen LogP contribution in [-0.2, 0) is 5.41 Å². The molecule has 4 aromatic carbocycles. The number of aromatic nitrogens is 3. The molecule has 0 bridgehead atoms. The molecule has 0 fully saturated rings. The van der Waals surface area contributed by atoms with Gasteiger partial charge in [-0.1, -0.05) is 109 Å². The Morgan fingerprint density at radius 3 is 2.05 bits per heavy atom. The fourth-order valence-corrected chi connectivity index (χ4v) is 6.33. The van der Waals surface area contributed by atoms with E-state index < -0.39 is 0 Å². The van der Waals surface area contributed by atoms with Gasteiger partial charge in [-0.25, -0.2) is 4.98 Å². The molecule has 0 aliphatic carbocycles. The first-order valence-corrected chi connectivity index (χ1v) is 15.6. The van der Waals surface area contributed by atoms with E-state index in [1.807, 2.05) is 18.3 Å². The molecular weight excluding hydrogens is 538 g/mol. The minimum absolute atomic E-state index is 0.0968. The Kier molecular flexibility index (Phi) is 6.69. The standard InChI is InChI=1S/C40H39N3O/c1-24(2)31-20-27(26-14-9-8-10-15-26)21-32(25(3)4)37(31)43-34-23-41-36(40(5,6)7)22-33(34)42-39(43)30-18-13-17-29-28-16-11-12-19-35(28)44-38(29)30/h8-25H,1-7H3. The first-order chi connectivity index (χ1) is 21.1. The maximum Gasteiger partial charge on any atom is 0.149 e. The summed E-state index contributed by atoms with van der Waals surface area (Å²) in [5.74, 6) is 1.43. The van der Waals surface area contributed by atoms with Crippen molar-refractivity contribution in [1.82, 2.24) is 14.5 Å². The van der Waals surface area contributed by atoms with Crippen molar-refractivity contribution < 1.29 is 4.42 Å². The fourth-order valence-electron chi connectivity index (χ4n) is 6.33. The molecule has 220 valence electrons. The number of furan rings is 1. The summed E-state index contributed by atoms with van der Waals surface area (Å²) in [5, 5.41) is 2.21. The average Bonchev–Trinajstić information content (AvgIpc) is 3.58. The lowest BCUT2D eigenvalue weighted by molar-refractivity contribution is 0.570. The third-order valence-electron chi connectivity index (χ3n) is 8.70. The van der Waals surface area contributed by atoms with E-state index in [9.17, 15) is 0 Å². The Bertz CT molecular complexity index is 2130. The van der Waals surface area contributed by atoms with Gasteiger partial charge in [-0.15, -0.1) is 0 Å². The van der Waals surface area contributed by atoms with Crippen LogP contribution in [0.2, 0.25) is 0 Å². The van der Waals surface area contributed by atoms with E-state index >= 15 is 0 Å². The van der Waals surface area contributed by atoms with Crippen LogP contribution < -0.4 is 0 Å². The fraction of sp³-hybridized carbons (Fsp3) is 0.250. The molecule has 4 nitrogen and oxygen atoms in total. The van der Waals surface area contributed by atoms with Gasteiger partial charge in [0.1, 0.15) is 17.0 Å². The monoisotopic (exact) mass is 577 g/mol. The molecule has 4 heteroatoms. The summed E-state index contributed by atoms with van der Waals surface area (Å²) >= 11 is 0. The summed E-state index contributed by atoms with van der Waals surface area (Å²) in [5.41, 5.74) is 11.8. The van der Waals surface area contributed by atoms with Crippen molar-refractivity contribution in [3.63, 3.8) is 0 Å². The number of para-hydroxylation sites is 2. The summed E-state index contributed by atoms with van der Waals surface area (Å²) in [6.07, 6.45) is 2.02. The molecule has 0 N–H and O–H groups in total. The molecule has 0 saturated carbocycles. The van der Waals surface area contributed by atoms with Crippen molar-refractivity contribution in [2.24, 2.45) is 0 Å². The van der Waals surface area contributed by atoms with Gasteiger partial charge in [0.05, 0.1) is 28.5 Å². The molecule has 0 atom stereocenters. The van der Waals surface area contributed by atoms with Crippen molar-refractivity contribution >= 4 is 33.0 Å². The highest BCUT2D eigenvalue weighted by atomic mass is 16.3. The maximum absolute atomic E-state index is 6.57. The number of benzene rings is 4. The predicted octanol–water partition coefficient (Wildman–Crippen LogP) is 11.2. The van der Waals surface area contributed by atoms with Crippen LogP contribution in [0.15, 0.2) is 102 Å². The van der Waals surface area contributed by atoms with Gasteiger partial charge < -0.3 is 4.42 Å². The summed E-state index contributed by atoms with van der Waals surface area (Å²) in [7, 11) is 0. The van der Waals surface area contributed by atoms with Gasteiger partial charge in [-0.2, -0.15) is 0 Å². The molecule has 7 aromatic rings. The second kappa shape index (κ2) is 10.5. The number of imidazole rings is 1. The Morgan fingerprint density at radius 1 is 0.705 bits per heavy atom. The number of hydrogen-bond donors (Lipinski definition) is 0. The number of nitrogens with zero attached hydrogens (tertiary/aromatic N) is 3. The number of fused-ring (bicyclic) bond motifs is 4. The second-order valence-electron chi connectivity index (χ2n) is 13.5. The van der Waals surface area contributed by atoms with Gasteiger partial charge in [0.25, 0.3) is 0 Å². The van der Waals surface area contributed by atoms with E-state index in [2.05, 4.69) is 132 Å². The molecule has 0 amide bonds. The highest BCUT2D eigenvalue weighted by Gasteiger charge is 2.27. The first-order valence-electron chi connectivity index (χ1n) is 15.6. The molecule has 0 unspecified atom stereocenters. The van der Waals surface area contributed by atoms with E-state index in [1.165, 1.54) is 27.9 Å². The Labute approximate surface area is 259 Å². The maximum atomic E-state index is 6.57. The highest BCUT2D eigenvalue weighted by molar-refractivity contribution is 6.09. The Balaban J connectivity index is 1.61. The summed E-state index contributed by atoms with van der Waals surface area (Å²) in [6, 6.07) is 32.3. The van der Waals surface area contributed by atoms with Gasteiger partial charge in [0, 0.05) is 21.9 Å². The minimum atomic E-state index is -0.0968. The molecule has 0 saturated heterocycles. The normalized spacial score (nSPS) is 12.4. The number of hydrogen-bond acceptors (Lipinski definition) is 3. The van der Waals surface area contributed by atoms with Crippen LogP contribution in [0.25, 0.3) is 61.2 Å². The molecule has 3 heterocycles. The third-order valence-corrected chi connectivity index (χ3v) is 8.70. The van der Waals surface area contributed by atoms with E-state index in [1.54, 1.807) is 0 Å². The zero-order valence-electron chi connectivity index (χ0n) is 26.6. The van der Waals surface area contributed by atoms with Crippen LogP contribution in [0.1, 0.15) is 77.1 Å². The predicted molar refractivity (Wildman–Crippen MR) is 184 cm³/mol. The molecular formula is C40H39N3O. The van der Waals surface area contributed by atoms with Crippen LogP contribution in [-0.4, -0.2) is 14.5 Å². The van der Waals surface area contributed by atoms with Gasteiger partial charge in [-0.3, -0.25) is 9.55 Å². The van der Waals surface area contributed by atoms with E-state index in [0.717, 1.165) is 50.1 Å². The van der Waals surface area contributed by atoms with Gasteiger partial charge >= 0.3 is 0 Å². The third kappa shape index (κ3) is 4.61. The summed E-state index contributed by atoms with van der Waals surface area (Å²) in [4.78, 5) is 10.4. The van der Waals surface area contributed by atoms with E-state index in [-0.39, 0.29) is 17.3 Å². The van der Waals surface area contributed by atoms with E-state index in [4.69, 9.17) is 14.4 Å². The van der Waals surface area contributed by atoms with Crippen molar-refractivity contribution in [2.75, 3.05) is 0 Å². The van der Waals surface area contributed by atoms with E-state index in [0.29, 0.717) is 0 Å². The largest absolute Gasteiger partial charge is 0.455 e. The van der Waals surface area contributed by atoms with Gasteiger partial charge in [-0.05, 0) is 64.4 Å². The first kappa shape index (κ1) is 28.1. The van der Waals surface area contributed by atoms with Crippen LogP contribution >= 0.6 is 0 Å². The molecule has 0 spiro atoms. The van der Waals surface area contributed by atoms with Crippen LogP contribution in [0.3, 0.4) is 0 Å². The average molecular weight is 578 g/mol. The van der Waals surface area contributed by atoms with Crippen molar-refractivity contribution in [3.8, 4) is 28.2 Å². The molecule has 0 radical (unpaired) electrons. The van der Waals surface area contributed by atoms with Gasteiger partial charge in [0.15, 0.2) is 0 Å². The van der Waals surface area contributed by atoms with Gasteiger partial charge in [0.2, 0.25) is 0 Å². The smallest absolute Gasteiger partial charge is 0.149 e. The minimum Gasteiger partial charge on any atom is -0.455 e. The number of pyridine rings is 1. The van der Waals surface area contributed by atoms with Crippen molar-refractivity contribution in [1.29, 1.82) is 0 Å². The van der Waals surface area contributed by atoms with Crippen LogP contribution in [0, 0.1) is 0 Å². The van der Waals surface area contributed by atoms with Crippen molar-refractivity contribution in [3.05, 3.63) is 114 Å². The lowest BCUT2D eigenvalue weighted by Gasteiger charge is -2.24. The van der Waals surface area contributed by atoms with Crippen molar-refractivity contribution in [2.45, 2.75) is 65.7 Å². The molecule has 0 aliphatic rings. The highest BCUT2D eigenvalue weighted by Crippen LogP contribution is 2.42. The van der Waals surface area contributed by atoms with Crippen LogP contribution in [0.4, 0.5) is 0 Å². The topological polar surface area (TPSA) is 43.9 Å². The zero-order valence-corrected chi connectivity index (χ0v) is 26.6. The molecule has 7 rings (SSSR count). The lowest BCUT2D eigenvalue weighted by Crippen LogP contribution is -2.13. The lowest BCUT2D eigenvalue weighted by atomic mass is 9.88. The quantitative estimate of drug-likeness (QED) is 0.204. The molecule has 0 aliphatic heterocycles. The second-order valence-corrected chi connectivity index (χ2v) is 13.5. The Morgan fingerprint density at radius 2 is 1.36 bits per heavy atom. The Hall–Kier alpha value is -4.70. The zero-order chi connectivity index (χ0) is 30.7. The number of rotatable bonds is 5. The SMILES string of the molecule is CC(C)c1cc(-c2ccccc2)cc(C(C)C)c1-n1c(-c2cccc3c2oc2ccccc23)nc2cc(C(C)(C)C)ncc21. The summed E-state index contributed by atoms with van der Waals surface area (Å²) in [6.45, 7) is 15.7. The summed E-state index contributed by atoms with van der Waals surface area (Å²) < 4.78 is 8.92. The molecule has 44 heavy (non-hydrogen) atoms. The molecule has 3 aromatic heterocycles. The van der Waals surface area contributed by atoms with Crippen LogP contribution in [0.5, 0.6) is 0 Å².